The summed E-state index contributed by atoms with van der Waals surface area (Å²) in [7, 11) is -2.10. The molecule has 0 aromatic heterocycles. The van der Waals surface area contributed by atoms with Gasteiger partial charge in [-0.3, -0.25) is 0 Å². The Hall–Kier alpha value is -1.27. The first-order valence-electron chi connectivity index (χ1n) is 7.58. The molecule has 120 valence electrons. The van der Waals surface area contributed by atoms with E-state index in [1.807, 2.05) is 0 Å². The van der Waals surface area contributed by atoms with Crippen molar-refractivity contribution >= 4 is 21.4 Å². The van der Waals surface area contributed by atoms with Crippen LogP contribution in [-0.2, 0) is 10.0 Å². The molecule has 0 fully saturated rings. The van der Waals surface area contributed by atoms with Crippen molar-refractivity contribution in [3.63, 3.8) is 0 Å². The number of rotatable bonds is 10. The largest absolute Gasteiger partial charge is 0.399 e. The highest BCUT2D eigenvalue weighted by atomic mass is 32.2. The summed E-state index contributed by atoms with van der Waals surface area (Å²) in [6.07, 6.45) is 7.24. The lowest BCUT2D eigenvalue weighted by molar-refractivity contribution is 0.588. The SMILES string of the molecule is CCCCCCCCNc1ccc(N)cc1S(=O)(=O)NC. The number of benzene rings is 1. The Morgan fingerprint density at radius 1 is 1.10 bits per heavy atom. The molecule has 0 atom stereocenters. The Bertz CT molecular complexity index is 530. The Kier molecular flexibility index (Phi) is 7.53. The minimum atomic E-state index is -3.50. The zero-order valence-corrected chi connectivity index (χ0v) is 13.8. The number of hydrogen-bond acceptors (Lipinski definition) is 4. The number of hydrogen-bond donors (Lipinski definition) is 3. The average Bonchev–Trinajstić information content (AvgIpc) is 2.47. The van der Waals surface area contributed by atoms with Gasteiger partial charge in [-0.15, -0.1) is 0 Å². The van der Waals surface area contributed by atoms with Gasteiger partial charge in [0.2, 0.25) is 10.0 Å². The second kappa shape index (κ2) is 8.89. The van der Waals surface area contributed by atoms with Crippen LogP contribution in [0.2, 0.25) is 0 Å². The summed E-state index contributed by atoms with van der Waals surface area (Å²) in [5.41, 5.74) is 6.72. The van der Waals surface area contributed by atoms with Crippen LogP contribution >= 0.6 is 0 Å². The number of nitrogens with two attached hydrogens (primary N) is 1. The highest BCUT2D eigenvalue weighted by Crippen LogP contribution is 2.23. The van der Waals surface area contributed by atoms with Crippen molar-refractivity contribution in [2.24, 2.45) is 0 Å². The summed E-state index contributed by atoms with van der Waals surface area (Å²) in [4.78, 5) is 0.205. The molecule has 0 saturated heterocycles. The van der Waals surface area contributed by atoms with Gasteiger partial charge in [-0.1, -0.05) is 39.0 Å². The molecule has 4 N–H and O–H groups in total. The molecular formula is C15H27N3O2S. The molecule has 1 aromatic carbocycles. The normalized spacial score (nSPS) is 11.5. The first kappa shape index (κ1) is 17.8. The second-order valence-electron chi connectivity index (χ2n) is 5.16. The van der Waals surface area contributed by atoms with E-state index in [4.69, 9.17) is 5.73 Å². The smallest absolute Gasteiger partial charge is 0.242 e. The van der Waals surface area contributed by atoms with Crippen molar-refractivity contribution in [3.8, 4) is 0 Å². The lowest BCUT2D eigenvalue weighted by atomic mass is 10.1. The topological polar surface area (TPSA) is 84.2 Å². The highest BCUT2D eigenvalue weighted by Gasteiger charge is 2.16. The molecule has 0 radical (unpaired) electrons. The summed E-state index contributed by atoms with van der Waals surface area (Å²) in [6.45, 7) is 2.97. The monoisotopic (exact) mass is 313 g/mol. The summed E-state index contributed by atoms with van der Waals surface area (Å²) >= 11 is 0. The van der Waals surface area contributed by atoms with Gasteiger partial charge in [-0.05, 0) is 31.7 Å². The van der Waals surface area contributed by atoms with Crippen molar-refractivity contribution in [3.05, 3.63) is 18.2 Å². The van der Waals surface area contributed by atoms with Crippen LogP contribution in [0.15, 0.2) is 23.1 Å². The number of anilines is 2. The summed E-state index contributed by atoms with van der Waals surface area (Å²) in [6, 6.07) is 4.91. The van der Waals surface area contributed by atoms with Crippen LogP contribution in [-0.4, -0.2) is 22.0 Å². The molecule has 0 amide bonds. The molecule has 0 bridgehead atoms. The van der Waals surface area contributed by atoms with E-state index >= 15 is 0 Å². The lowest BCUT2D eigenvalue weighted by Crippen LogP contribution is -2.20. The molecule has 0 saturated carbocycles. The average molecular weight is 313 g/mol. The highest BCUT2D eigenvalue weighted by molar-refractivity contribution is 7.89. The standard InChI is InChI=1S/C15H27N3O2S/c1-3-4-5-6-7-8-11-18-14-10-9-13(16)12-15(14)21(19,20)17-2/h9-10,12,17-18H,3-8,11,16H2,1-2H3. The third-order valence-corrected chi connectivity index (χ3v) is 4.86. The maximum absolute atomic E-state index is 12.0. The van der Waals surface area contributed by atoms with Crippen LogP contribution in [0.5, 0.6) is 0 Å². The Morgan fingerprint density at radius 3 is 2.43 bits per heavy atom. The van der Waals surface area contributed by atoms with Crippen LogP contribution in [0.25, 0.3) is 0 Å². The summed E-state index contributed by atoms with van der Waals surface area (Å²) in [5.74, 6) is 0. The van der Waals surface area contributed by atoms with Gasteiger partial charge < -0.3 is 11.1 Å². The summed E-state index contributed by atoms with van der Waals surface area (Å²) < 4.78 is 26.3. The molecule has 1 rings (SSSR count). The number of sulfonamides is 1. The number of nitrogens with one attached hydrogen (secondary N) is 2. The van der Waals surface area contributed by atoms with Gasteiger partial charge in [0.05, 0.1) is 5.69 Å². The van der Waals surface area contributed by atoms with Gasteiger partial charge in [-0.25, -0.2) is 13.1 Å². The van der Waals surface area contributed by atoms with E-state index in [1.54, 1.807) is 12.1 Å². The molecule has 0 heterocycles. The van der Waals surface area contributed by atoms with Crippen LogP contribution in [0.4, 0.5) is 11.4 Å². The molecule has 0 unspecified atom stereocenters. The molecule has 0 spiro atoms. The van der Waals surface area contributed by atoms with Crippen molar-refractivity contribution in [2.45, 2.75) is 50.3 Å². The van der Waals surface area contributed by atoms with E-state index in [0.717, 1.165) is 19.4 Å². The minimum Gasteiger partial charge on any atom is -0.399 e. The van der Waals surface area contributed by atoms with Crippen molar-refractivity contribution in [1.82, 2.24) is 4.72 Å². The van der Waals surface area contributed by atoms with Crippen LogP contribution in [0.1, 0.15) is 45.4 Å². The van der Waals surface area contributed by atoms with Crippen LogP contribution < -0.4 is 15.8 Å². The molecular weight excluding hydrogens is 286 g/mol. The van der Waals surface area contributed by atoms with Crippen molar-refractivity contribution in [1.29, 1.82) is 0 Å². The van der Waals surface area contributed by atoms with Gasteiger partial charge in [0.25, 0.3) is 0 Å². The predicted molar refractivity (Wildman–Crippen MR) is 89.0 cm³/mol. The van der Waals surface area contributed by atoms with E-state index in [9.17, 15) is 8.42 Å². The van der Waals surface area contributed by atoms with E-state index in [1.165, 1.54) is 38.8 Å². The zero-order chi connectivity index (χ0) is 15.7. The minimum absolute atomic E-state index is 0.205. The predicted octanol–water partition coefficient (Wildman–Crippen LogP) is 2.95. The second-order valence-corrected chi connectivity index (χ2v) is 7.01. The van der Waals surface area contributed by atoms with Crippen LogP contribution in [0.3, 0.4) is 0 Å². The zero-order valence-electron chi connectivity index (χ0n) is 13.0. The Balaban J connectivity index is 2.55. The maximum Gasteiger partial charge on any atom is 0.242 e. The quantitative estimate of drug-likeness (QED) is 0.458. The Morgan fingerprint density at radius 2 is 1.76 bits per heavy atom. The number of unbranched alkanes of at least 4 members (excludes halogenated alkanes) is 5. The fourth-order valence-electron chi connectivity index (χ4n) is 2.15. The van der Waals surface area contributed by atoms with E-state index < -0.39 is 10.0 Å². The number of nitrogen functional groups attached to an aromatic ring is 1. The van der Waals surface area contributed by atoms with Gasteiger partial charge in [0.15, 0.2) is 0 Å². The van der Waals surface area contributed by atoms with Gasteiger partial charge in [0, 0.05) is 12.2 Å². The maximum atomic E-state index is 12.0. The fourth-order valence-corrected chi connectivity index (χ4v) is 3.09. The lowest BCUT2D eigenvalue weighted by Gasteiger charge is -2.12. The van der Waals surface area contributed by atoms with E-state index in [0.29, 0.717) is 11.4 Å². The molecule has 6 heteroatoms. The van der Waals surface area contributed by atoms with Gasteiger partial charge in [-0.2, -0.15) is 0 Å². The molecule has 21 heavy (non-hydrogen) atoms. The molecule has 1 aromatic rings. The third kappa shape index (κ3) is 5.93. The van der Waals surface area contributed by atoms with Crippen molar-refractivity contribution in [2.75, 3.05) is 24.6 Å². The van der Waals surface area contributed by atoms with Crippen molar-refractivity contribution < 1.29 is 8.42 Å². The van der Waals surface area contributed by atoms with Gasteiger partial charge in [0.1, 0.15) is 4.90 Å². The first-order valence-corrected chi connectivity index (χ1v) is 9.06. The molecule has 0 aliphatic rings. The van der Waals surface area contributed by atoms with Crippen LogP contribution in [0, 0.1) is 0 Å². The molecule has 0 aliphatic carbocycles. The van der Waals surface area contributed by atoms with E-state index in [-0.39, 0.29) is 4.90 Å². The third-order valence-electron chi connectivity index (χ3n) is 3.41. The fraction of sp³-hybridized carbons (Fsp3) is 0.600. The first-order chi connectivity index (χ1) is 10.0. The van der Waals surface area contributed by atoms with Gasteiger partial charge >= 0.3 is 0 Å². The molecule has 5 nitrogen and oxygen atoms in total. The molecule has 0 aliphatic heterocycles. The van der Waals surface area contributed by atoms with E-state index in [2.05, 4.69) is 17.0 Å². The Labute approximate surface area is 128 Å². The summed E-state index contributed by atoms with van der Waals surface area (Å²) in [5, 5.41) is 3.20.